The highest BCUT2D eigenvalue weighted by Crippen LogP contribution is 2.14. The molecule has 0 aliphatic carbocycles. The minimum Gasteiger partial charge on any atom is -0.449 e. The molecule has 0 saturated heterocycles. The maximum absolute atomic E-state index is 10.3. The van der Waals surface area contributed by atoms with Crippen molar-refractivity contribution in [2.24, 2.45) is 23.3 Å². The van der Waals surface area contributed by atoms with Gasteiger partial charge >= 0.3 is 6.09 Å². The van der Waals surface area contributed by atoms with Crippen LogP contribution in [0.3, 0.4) is 0 Å². The first kappa shape index (κ1) is 11.2. The van der Waals surface area contributed by atoms with Gasteiger partial charge in [-0.05, 0) is 12.8 Å². The number of ether oxygens (including phenoxy) is 1. The number of hydrogen-bond acceptors (Lipinski definition) is 3. The second kappa shape index (κ2) is 4.98. The summed E-state index contributed by atoms with van der Waals surface area (Å²) in [6.07, 6.45) is -0.735. The normalized spacial score (nSPS) is 15.8. The molecule has 1 amide bonds. The number of carbonyl (C=O) groups is 1. The summed E-state index contributed by atoms with van der Waals surface area (Å²) in [6, 6.07) is 0.0179. The summed E-state index contributed by atoms with van der Waals surface area (Å²) >= 11 is 0. The molecule has 0 aliphatic heterocycles. The van der Waals surface area contributed by atoms with Crippen LogP contribution >= 0.6 is 0 Å². The monoisotopic (exact) mass is 174 g/mol. The lowest BCUT2D eigenvalue weighted by Gasteiger charge is -2.23. The number of primary amides is 1. The van der Waals surface area contributed by atoms with Crippen molar-refractivity contribution in [3.8, 4) is 0 Å². The van der Waals surface area contributed by atoms with Gasteiger partial charge in [0.25, 0.3) is 0 Å². The van der Waals surface area contributed by atoms with E-state index >= 15 is 0 Å². The van der Waals surface area contributed by atoms with E-state index in [4.69, 9.17) is 11.5 Å². The SMILES string of the molecule is CC(C)C(COC(N)=O)C(C)N. The van der Waals surface area contributed by atoms with Crippen LogP contribution < -0.4 is 11.5 Å². The van der Waals surface area contributed by atoms with Crippen molar-refractivity contribution in [2.75, 3.05) is 6.61 Å². The number of nitrogens with two attached hydrogens (primary N) is 2. The molecule has 0 spiro atoms. The van der Waals surface area contributed by atoms with E-state index < -0.39 is 6.09 Å². The molecule has 0 saturated carbocycles. The third-order valence-electron chi connectivity index (χ3n) is 1.95. The molecule has 0 aromatic rings. The van der Waals surface area contributed by atoms with Gasteiger partial charge in [0, 0.05) is 12.0 Å². The second-order valence-corrected chi connectivity index (χ2v) is 3.40. The van der Waals surface area contributed by atoms with E-state index in [1.807, 2.05) is 20.8 Å². The number of carbonyl (C=O) groups excluding carboxylic acids is 1. The van der Waals surface area contributed by atoms with Crippen molar-refractivity contribution in [1.29, 1.82) is 0 Å². The lowest BCUT2D eigenvalue weighted by Crippen LogP contribution is -2.35. The van der Waals surface area contributed by atoms with Crippen LogP contribution in [0.5, 0.6) is 0 Å². The van der Waals surface area contributed by atoms with Gasteiger partial charge in [0.05, 0.1) is 6.61 Å². The number of amides is 1. The Hall–Kier alpha value is -0.770. The Morgan fingerprint density at radius 1 is 1.42 bits per heavy atom. The van der Waals surface area contributed by atoms with E-state index in [1.54, 1.807) is 0 Å². The highest BCUT2D eigenvalue weighted by Gasteiger charge is 2.18. The first-order valence-electron chi connectivity index (χ1n) is 4.13. The first-order chi connectivity index (χ1) is 5.45. The molecule has 0 bridgehead atoms. The van der Waals surface area contributed by atoms with Crippen molar-refractivity contribution in [1.82, 2.24) is 0 Å². The minimum absolute atomic E-state index is 0.0179. The molecule has 12 heavy (non-hydrogen) atoms. The van der Waals surface area contributed by atoms with Crippen molar-refractivity contribution in [3.63, 3.8) is 0 Å². The molecule has 2 unspecified atom stereocenters. The Morgan fingerprint density at radius 3 is 2.17 bits per heavy atom. The summed E-state index contributed by atoms with van der Waals surface area (Å²) in [5, 5.41) is 0. The zero-order valence-electron chi connectivity index (χ0n) is 7.91. The lowest BCUT2D eigenvalue weighted by atomic mass is 9.91. The van der Waals surface area contributed by atoms with Gasteiger partial charge in [0.2, 0.25) is 0 Å². The average Bonchev–Trinajstić information content (AvgIpc) is 1.84. The Labute approximate surface area is 73.2 Å². The topological polar surface area (TPSA) is 78.3 Å². The number of rotatable bonds is 4. The Bertz CT molecular complexity index is 138. The predicted octanol–water partition coefficient (Wildman–Crippen LogP) is 0.701. The largest absolute Gasteiger partial charge is 0.449 e. The lowest BCUT2D eigenvalue weighted by molar-refractivity contribution is 0.115. The fraction of sp³-hybridized carbons (Fsp3) is 0.875. The molecule has 0 aromatic carbocycles. The Morgan fingerprint density at radius 2 is 1.92 bits per heavy atom. The van der Waals surface area contributed by atoms with Crippen LogP contribution in [0, 0.1) is 11.8 Å². The quantitative estimate of drug-likeness (QED) is 0.658. The summed E-state index contributed by atoms with van der Waals surface area (Å²) in [7, 11) is 0. The summed E-state index contributed by atoms with van der Waals surface area (Å²) < 4.78 is 4.69. The molecule has 4 N–H and O–H groups in total. The zero-order chi connectivity index (χ0) is 9.72. The van der Waals surface area contributed by atoms with Crippen LogP contribution in [0.15, 0.2) is 0 Å². The van der Waals surface area contributed by atoms with Crippen LogP contribution in [0.25, 0.3) is 0 Å². The van der Waals surface area contributed by atoms with Crippen molar-refractivity contribution in [3.05, 3.63) is 0 Å². The van der Waals surface area contributed by atoms with E-state index in [2.05, 4.69) is 4.74 Å². The average molecular weight is 174 g/mol. The number of hydrogen-bond donors (Lipinski definition) is 2. The van der Waals surface area contributed by atoms with E-state index in [1.165, 1.54) is 0 Å². The van der Waals surface area contributed by atoms with Gasteiger partial charge in [-0.15, -0.1) is 0 Å². The summed E-state index contributed by atoms with van der Waals surface area (Å²) in [4.78, 5) is 10.3. The molecule has 4 heteroatoms. The highest BCUT2D eigenvalue weighted by atomic mass is 16.5. The van der Waals surface area contributed by atoms with Gasteiger partial charge in [-0.1, -0.05) is 13.8 Å². The minimum atomic E-state index is -0.735. The Kier molecular flexibility index (Phi) is 4.66. The van der Waals surface area contributed by atoms with Crippen molar-refractivity contribution < 1.29 is 9.53 Å². The van der Waals surface area contributed by atoms with E-state index in [9.17, 15) is 4.79 Å². The van der Waals surface area contributed by atoms with Gasteiger partial charge in [0.1, 0.15) is 0 Å². The molecule has 4 nitrogen and oxygen atoms in total. The molecule has 0 aliphatic rings. The third kappa shape index (κ3) is 4.18. The first-order valence-corrected chi connectivity index (χ1v) is 4.13. The summed E-state index contributed by atoms with van der Waals surface area (Å²) in [5.74, 6) is 0.571. The maximum atomic E-state index is 10.3. The zero-order valence-corrected chi connectivity index (χ0v) is 7.91. The molecule has 0 heterocycles. The van der Waals surface area contributed by atoms with Crippen molar-refractivity contribution in [2.45, 2.75) is 26.8 Å². The van der Waals surface area contributed by atoms with Crippen LogP contribution in [-0.4, -0.2) is 18.7 Å². The van der Waals surface area contributed by atoms with Gasteiger partial charge < -0.3 is 16.2 Å². The molecule has 0 aromatic heterocycles. The van der Waals surface area contributed by atoms with Gasteiger partial charge in [-0.2, -0.15) is 0 Å². The van der Waals surface area contributed by atoms with Crippen LogP contribution in [0.4, 0.5) is 4.79 Å². The predicted molar refractivity (Wildman–Crippen MR) is 47.5 cm³/mol. The molecular weight excluding hydrogens is 156 g/mol. The molecule has 0 fully saturated rings. The molecule has 0 radical (unpaired) electrons. The van der Waals surface area contributed by atoms with E-state index in [-0.39, 0.29) is 12.0 Å². The standard InChI is InChI=1S/C8H18N2O2/c1-5(2)7(6(3)9)4-12-8(10)11/h5-7H,4,9H2,1-3H3,(H2,10,11). The van der Waals surface area contributed by atoms with Gasteiger partial charge in [-0.25, -0.2) is 4.79 Å². The second-order valence-electron chi connectivity index (χ2n) is 3.40. The third-order valence-corrected chi connectivity index (χ3v) is 1.95. The smallest absolute Gasteiger partial charge is 0.404 e. The molecule has 2 atom stereocenters. The highest BCUT2D eigenvalue weighted by molar-refractivity contribution is 5.64. The molecule has 72 valence electrons. The fourth-order valence-corrected chi connectivity index (χ4v) is 1.13. The van der Waals surface area contributed by atoms with Gasteiger partial charge in [0.15, 0.2) is 0 Å². The van der Waals surface area contributed by atoms with Crippen LogP contribution in [0.2, 0.25) is 0 Å². The summed E-state index contributed by atoms with van der Waals surface area (Å²) in [5.41, 5.74) is 10.5. The van der Waals surface area contributed by atoms with Crippen molar-refractivity contribution >= 4 is 6.09 Å². The van der Waals surface area contributed by atoms with Gasteiger partial charge in [-0.3, -0.25) is 0 Å². The molecular formula is C8H18N2O2. The van der Waals surface area contributed by atoms with E-state index in [0.29, 0.717) is 12.5 Å². The van der Waals surface area contributed by atoms with Crippen LogP contribution in [-0.2, 0) is 4.74 Å². The maximum Gasteiger partial charge on any atom is 0.404 e. The van der Waals surface area contributed by atoms with E-state index in [0.717, 1.165) is 0 Å². The van der Waals surface area contributed by atoms with Crippen LogP contribution in [0.1, 0.15) is 20.8 Å². The summed E-state index contributed by atoms with van der Waals surface area (Å²) in [6.45, 7) is 6.29. The molecule has 0 rings (SSSR count). The Balaban J connectivity index is 3.88. The fourth-order valence-electron chi connectivity index (χ4n) is 1.13.